The van der Waals surface area contributed by atoms with Gasteiger partial charge in [0.05, 0.1) is 29.4 Å². The van der Waals surface area contributed by atoms with Crippen LogP contribution in [0.25, 0.3) is 10.2 Å². The molecule has 0 aliphatic rings. The summed E-state index contributed by atoms with van der Waals surface area (Å²) in [5.74, 6) is 0.620. The molecule has 0 fully saturated rings. The molecule has 0 atom stereocenters. The molecule has 25 heavy (non-hydrogen) atoms. The highest BCUT2D eigenvalue weighted by Crippen LogP contribution is 2.27. The standard InChI is InChI=1S/C18H19N3O3S/c1-2-4-16(22)21-18-20-14-7-6-12(9-15(14)25-18)10-17(23)19-11-13-5-3-8-24-13/h3,5-9H,2,4,10-11H2,1H3,(H,19,23)(H,20,21,22). The van der Waals surface area contributed by atoms with Gasteiger partial charge in [-0.2, -0.15) is 0 Å². The Morgan fingerprint density at radius 3 is 2.88 bits per heavy atom. The van der Waals surface area contributed by atoms with Crippen molar-refractivity contribution in [2.75, 3.05) is 5.32 Å². The molecule has 0 aliphatic carbocycles. The number of carbonyl (C=O) groups excluding carboxylic acids is 2. The fraction of sp³-hybridized carbons (Fsp3) is 0.278. The number of carbonyl (C=O) groups is 2. The molecule has 0 radical (unpaired) electrons. The van der Waals surface area contributed by atoms with Crippen molar-refractivity contribution in [2.45, 2.75) is 32.7 Å². The molecule has 0 spiro atoms. The zero-order valence-electron chi connectivity index (χ0n) is 13.9. The second-order valence-corrected chi connectivity index (χ2v) is 6.68. The average Bonchev–Trinajstić information content (AvgIpc) is 3.21. The van der Waals surface area contributed by atoms with Crippen LogP contribution in [0.15, 0.2) is 41.0 Å². The molecule has 0 saturated carbocycles. The van der Waals surface area contributed by atoms with Crippen molar-refractivity contribution in [1.82, 2.24) is 10.3 Å². The second-order valence-electron chi connectivity index (χ2n) is 5.65. The third-order valence-corrected chi connectivity index (χ3v) is 4.51. The van der Waals surface area contributed by atoms with E-state index in [2.05, 4.69) is 15.6 Å². The largest absolute Gasteiger partial charge is 0.467 e. The van der Waals surface area contributed by atoms with Crippen LogP contribution in [0.1, 0.15) is 31.1 Å². The van der Waals surface area contributed by atoms with E-state index in [4.69, 9.17) is 4.42 Å². The first-order valence-electron chi connectivity index (χ1n) is 8.12. The van der Waals surface area contributed by atoms with Crippen molar-refractivity contribution >= 4 is 38.5 Å². The Morgan fingerprint density at radius 2 is 2.12 bits per heavy atom. The molecular formula is C18H19N3O3S. The lowest BCUT2D eigenvalue weighted by molar-refractivity contribution is -0.120. The molecule has 2 heterocycles. The van der Waals surface area contributed by atoms with Crippen LogP contribution >= 0.6 is 11.3 Å². The van der Waals surface area contributed by atoms with E-state index in [1.165, 1.54) is 11.3 Å². The van der Waals surface area contributed by atoms with Gasteiger partial charge in [0.15, 0.2) is 5.13 Å². The molecule has 7 heteroatoms. The minimum Gasteiger partial charge on any atom is -0.467 e. The van der Waals surface area contributed by atoms with Gasteiger partial charge in [-0.05, 0) is 36.2 Å². The number of hydrogen-bond acceptors (Lipinski definition) is 5. The second kappa shape index (κ2) is 7.94. The zero-order valence-corrected chi connectivity index (χ0v) is 14.7. The van der Waals surface area contributed by atoms with Gasteiger partial charge in [0.2, 0.25) is 11.8 Å². The van der Waals surface area contributed by atoms with Crippen molar-refractivity contribution in [2.24, 2.45) is 0 Å². The number of aromatic nitrogens is 1. The van der Waals surface area contributed by atoms with Crippen LogP contribution in [0.2, 0.25) is 0 Å². The first-order chi connectivity index (χ1) is 12.1. The molecule has 3 rings (SSSR count). The summed E-state index contributed by atoms with van der Waals surface area (Å²) in [6, 6.07) is 9.30. The predicted molar refractivity (Wildman–Crippen MR) is 97.4 cm³/mol. The molecule has 2 aromatic heterocycles. The Morgan fingerprint density at radius 1 is 1.24 bits per heavy atom. The number of amides is 2. The smallest absolute Gasteiger partial charge is 0.226 e. The molecular weight excluding hydrogens is 338 g/mol. The highest BCUT2D eigenvalue weighted by molar-refractivity contribution is 7.22. The van der Waals surface area contributed by atoms with E-state index >= 15 is 0 Å². The van der Waals surface area contributed by atoms with Crippen molar-refractivity contribution < 1.29 is 14.0 Å². The van der Waals surface area contributed by atoms with E-state index in [9.17, 15) is 9.59 Å². The summed E-state index contributed by atoms with van der Waals surface area (Å²) in [4.78, 5) is 28.1. The highest BCUT2D eigenvalue weighted by Gasteiger charge is 2.10. The lowest BCUT2D eigenvalue weighted by atomic mass is 10.1. The third-order valence-electron chi connectivity index (χ3n) is 3.58. The van der Waals surface area contributed by atoms with Gasteiger partial charge in [0.1, 0.15) is 5.76 Å². The van der Waals surface area contributed by atoms with Crippen LogP contribution < -0.4 is 10.6 Å². The van der Waals surface area contributed by atoms with E-state index in [-0.39, 0.29) is 18.2 Å². The lowest BCUT2D eigenvalue weighted by Gasteiger charge is -2.03. The monoisotopic (exact) mass is 357 g/mol. The lowest BCUT2D eigenvalue weighted by Crippen LogP contribution is -2.24. The highest BCUT2D eigenvalue weighted by atomic mass is 32.1. The normalized spacial score (nSPS) is 10.8. The van der Waals surface area contributed by atoms with Crippen molar-refractivity contribution in [3.63, 3.8) is 0 Å². The van der Waals surface area contributed by atoms with Crippen LogP contribution in [0.4, 0.5) is 5.13 Å². The summed E-state index contributed by atoms with van der Waals surface area (Å²) in [5, 5.41) is 6.22. The summed E-state index contributed by atoms with van der Waals surface area (Å²) < 4.78 is 6.14. The Labute approximate surface area is 149 Å². The Bertz CT molecular complexity index is 871. The number of furan rings is 1. The summed E-state index contributed by atoms with van der Waals surface area (Å²) in [6.07, 6.45) is 3.15. The van der Waals surface area contributed by atoms with Crippen molar-refractivity contribution in [1.29, 1.82) is 0 Å². The summed E-state index contributed by atoms with van der Waals surface area (Å²) in [7, 11) is 0. The minimum atomic E-state index is -0.0725. The van der Waals surface area contributed by atoms with Crippen LogP contribution in [0.3, 0.4) is 0 Å². The molecule has 0 saturated heterocycles. The fourth-order valence-corrected chi connectivity index (χ4v) is 3.33. The molecule has 0 unspecified atom stereocenters. The van der Waals surface area contributed by atoms with E-state index in [0.29, 0.717) is 18.1 Å². The van der Waals surface area contributed by atoms with Gasteiger partial charge in [-0.1, -0.05) is 24.3 Å². The predicted octanol–water partition coefficient (Wildman–Crippen LogP) is 3.49. The van der Waals surface area contributed by atoms with Gasteiger partial charge in [0, 0.05) is 6.42 Å². The number of thiazole rings is 1. The Balaban J connectivity index is 1.62. The SMILES string of the molecule is CCCC(=O)Nc1nc2ccc(CC(=O)NCc3ccco3)cc2s1. The molecule has 2 amide bonds. The minimum absolute atomic E-state index is 0.0286. The number of hydrogen-bond donors (Lipinski definition) is 2. The molecule has 6 nitrogen and oxygen atoms in total. The molecule has 0 aliphatic heterocycles. The topological polar surface area (TPSA) is 84.2 Å². The van der Waals surface area contributed by atoms with Gasteiger partial charge < -0.3 is 15.1 Å². The summed E-state index contributed by atoms with van der Waals surface area (Å²) in [5.41, 5.74) is 1.72. The molecule has 1 aromatic carbocycles. The summed E-state index contributed by atoms with van der Waals surface area (Å²) in [6.45, 7) is 2.34. The van der Waals surface area contributed by atoms with Gasteiger partial charge in [-0.25, -0.2) is 4.98 Å². The van der Waals surface area contributed by atoms with E-state index < -0.39 is 0 Å². The fourth-order valence-electron chi connectivity index (χ4n) is 2.39. The number of nitrogens with one attached hydrogen (secondary N) is 2. The first kappa shape index (κ1) is 17.2. The number of nitrogens with zero attached hydrogens (tertiary/aromatic N) is 1. The molecule has 3 aromatic rings. The van der Waals surface area contributed by atoms with Crippen LogP contribution in [0.5, 0.6) is 0 Å². The van der Waals surface area contributed by atoms with Crippen molar-refractivity contribution in [3.8, 4) is 0 Å². The third kappa shape index (κ3) is 4.67. The van der Waals surface area contributed by atoms with Gasteiger partial charge in [-0.15, -0.1) is 0 Å². The van der Waals surface area contributed by atoms with Gasteiger partial charge in [-0.3, -0.25) is 9.59 Å². The van der Waals surface area contributed by atoms with E-state index in [1.54, 1.807) is 12.3 Å². The summed E-state index contributed by atoms with van der Waals surface area (Å²) >= 11 is 1.41. The molecule has 2 N–H and O–H groups in total. The maximum Gasteiger partial charge on any atom is 0.226 e. The zero-order chi connectivity index (χ0) is 17.6. The number of benzene rings is 1. The number of rotatable bonds is 7. The molecule has 0 bridgehead atoms. The number of anilines is 1. The Hall–Kier alpha value is -2.67. The van der Waals surface area contributed by atoms with E-state index in [1.807, 2.05) is 31.2 Å². The van der Waals surface area contributed by atoms with Crippen molar-refractivity contribution in [3.05, 3.63) is 47.9 Å². The maximum atomic E-state index is 12.0. The first-order valence-corrected chi connectivity index (χ1v) is 8.94. The van der Waals surface area contributed by atoms with Crippen LogP contribution in [-0.4, -0.2) is 16.8 Å². The average molecular weight is 357 g/mol. The van der Waals surface area contributed by atoms with Gasteiger partial charge in [0.25, 0.3) is 0 Å². The molecule has 130 valence electrons. The van der Waals surface area contributed by atoms with Crippen LogP contribution in [-0.2, 0) is 22.6 Å². The quantitative estimate of drug-likeness (QED) is 0.678. The number of fused-ring (bicyclic) bond motifs is 1. The maximum absolute atomic E-state index is 12.0. The van der Waals surface area contributed by atoms with E-state index in [0.717, 1.165) is 28.0 Å². The van der Waals surface area contributed by atoms with Gasteiger partial charge >= 0.3 is 0 Å². The Kier molecular flexibility index (Phi) is 5.45. The van der Waals surface area contributed by atoms with Crippen LogP contribution in [0, 0.1) is 0 Å².